The Hall–Kier alpha value is -0.0700. The molecule has 1 aliphatic rings. The number of ether oxygens (including phenoxy) is 2. The highest BCUT2D eigenvalue weighted by molar-refractivity contribution is 8.00. The van der Waals surface area contributed by atoms with Gasteiger partial charge in [0.2, 0.25) is 0 Å². The molecule has 0 amide bonds. The first-order valence-corrected chi connectivity index (χ1v) is 9.36. The van der Waals surface area contributed by atoms with Gasteiger partial charge in [-0.05, 0) is 18.2 Å². The first-order chi connectivity index (χ1) is 9.86. The van der Waals surface area contributed by atoms with Gasteiger partial charge in [-0.15, -0.1) is 23.5 Å². The molecule has 0 radical (unpaired) electrons. The normalized spacial score (nSPS) is 19.8. The lowest BCUT2D eigenvalue weighted by molar-refractivity contribution is 0.0605. The third-order valence-electron chi connectivity index (χ3n) is 2.78. The number of hydrogen-bond donors (Lipinski definition) is 0. The van der Waals surface area contributed by atoms with Crippen molar-refractivity contribution in [1.82, 2.24) is 0 Å². The minimum atomic E-state index is 0.698. The van der Waals surface area contributed by atoms with Gasteiger partial charge in [0.05, 0.1) is 38.2 Å². The van der Waals surface area contributed by atoms with E-state index in [1.165, 1.54) is 5.69 Å². The van der Waals surface area contributed by atoms with Gasteiger partial charge in [-0.3, -0.25) is 0 Å². The molecule has 1 aromatic rings. The molecule has 1 aliphatic heterocycles. The van der Waals surface area contributed by atoms with Crippen molar-refractivity contribution in [1.29, 1.82) is 0 Å². The van der Waals surface area contributed by atoms with Crippen LogP contribution in [0.3, 0.4) is 0 Å². The predicted octanol–water partition coefficient (Wildman–Crippen LogP) is 3.57. The molecule has 0 aliphatic carbocycles. The van der Waals surface area contributed by atoms with Gasteiger partial charge in [0, 0.05) is 22.2 Å². The number of hydrogen-bond acceptors (Lipinski definition) is 5. The molecule has 1 saturated heterocycles. The van der Waals surface area contributed by atoms with Crippen LogP contribution in [0.25, 0.3) is 0 Å². The van der Waals surface area contributed by atoms with Crippen LogP contribution in [0.4, 0.5) is 5.69 Å². The first kappa shape index (κ1) is 16.3. The maximum absolute atomic E-state index is 6.08. The minimum absolute atomic E-state index is 0.698. The van der Waals surface area contributed by atoms with Crippen LogP contribution in [0.1, 0.15) is 0 Å². The lowest BCUT2D eigenvalue weighted by atomic mass is 10.3. The van der Waals surface area contributed by atoms with E-state index in [1.807, 2.05) is 41.7 Å². The smallest absolute Gasteiger partial charge is 0.0700 e. The predicted molar refractivity (Wildman–Crippen MR) is 90.2 cm³/mol. The van der Waals surface area contributed by atoms with Crippen LogP contribution in [0.5, 0.6) is 0 Å². The quantitative estimate of drug-likeness (QED) is 0.781. The van der Waals surface area contributed by atoms with E-state index in [4.69, 9.17) is 21.1 Å². The van der Waals surface area contributed by atoms with E-state index in [2.05, 4.69) is 11.0 Å². The highest BCUT2D eigenvalue weighted by Gasteiger charge is 2.08. The molecular weight excluding hydrogens is 314 g/mol. The van der Waals surface area contributed by atoms with Crippen molar-refractivity contribution in [2.24, 2.45) is 0 Å². The summed E-state index contributed by atoms with van der Waals surface area (Å²) in [6.45, 7) is 2.96. The van der Waals surface area contributed by atoms with Gasteiger partial charge in [-0.2, -0.15) is 0 Å². The molecule has 1 heterocycles. The second-order valence-corrected chi connectivity index (χ2v) is 6.90. The highest BCUT2D eigenvalue weighted by atomic mass is 35.5. The molecule has 0 N–H and O–H groups in total. The molecule has 112 valence electrons. The second kappa shape index (κ2) is 9.79. The van der Waals surface area contributed by atoms with Crippen LogP contribution >= 0.6 is 35.1 Å². The summed E-state index contributed by atoms with van der Waals surface area (Å²) < 4.78 is 11.0. The number of halogens is 1. The van der Waals surface area contributed by atoms with Gasteiger partial charge < -0.3 is 14.4 Å². The van der Waals surface area contributed by atoms with Crippen molar-refractivity contribution in [3.63, 3.8) is 0 Å². The standard InChI is InChI=1S/C14H20ClNO2S2/c15-13-2-1-3-14(10-13)16-11-19-8-6-17-4-5-18-7-9-20-12-16/h1-3,10H,4-9,11-12H2. The number of anilines is 1. The lowest BCUT2D eigenvalue weighted by Crippen LogP contribution is -2.23. The Morgan fingerprint density at radius 3 is 2.20 bits per heavy atom. The van der Waals surface area contributed by atoms with Gasteiger partial charge >= 0.3 is 0 Å². The molecule has 3 nitrogen and oxygen atoms in total. The maximum atomic E-state index is 6.08. The van der Waals surface area contributed by atoms with E-state index in [1.54, 1.807) is 0 Å². The van der Waals surface area contributed by atoms with Crippen molar-refractivity contribution in [2.75, 3.05) is 54.6 Å². The second-order valence-electron chi connectivity index (χ2n) is 4.32. The van der Waals surface area contributed by atoms with Crippen molar-refractivity contribution in [2.45, 2.75) is 0 Å². The van der Waals surface area contributed by atoms with Crippen LogP contribution in [0, 0.1) is 0 Å². The average molecular weight is 334 g/mol. The summed E-state index contributed by atoms with van der Waals surface area (Å²) in [5, 5.41) is 0.784. The van der Waals surface area contributed by atoms with Crippen LogP contribution in [0.2, 0.25) is 5.02 Å². The summed E-state index contributed by atoms with van der Waals surface area (Å²) in [6.07, 6.45) is 0. The summed E-state index contributed by atoms with van der Waals surface area (Å²) in [5.74, 6) is 3.92. The molecule has 0 spiro atoms. The molecule has 0 bridgehead atoms. The Balaban J connectivity index is 1.92. The third kappa shape index (κ3) is 6.14. The summed E-state index contributed by atoms with van der Waals surface area (Å²) in [4.78, 5) is 2.35. The minimum Gasteiger partial charge on any atom is -0.378 e. The molecule has 2 rings (SSSR count). The van der Waals surface area contributed by atoms with Crippen molar-refractivity contribution < 1.29 is 9.47 Å². The molecule has 1 fully saturated rings. The van der Waals surface area contributed by atoms with E-state index in [0.29, 0.717) is 13.2 Å². The fourth-order valence-electron chi connectivity index (χ4n) is 1.77. The Bertz CT molecular complexity index is 381. The van der Waals surface area contributed by atoms with Crippen LogP contribution in [-0.2, 0) is 9.47 Å². The topological polar surface area (TPSA) is 21.7 Å². The van der Waals surface area contributed by atoms with Gasteiger partial charge in [-0.25, -0.2) is 0 Å². The van der Waals surface area contributed by atoms with Crippen LogP contribution in [0.15, 0.2) is 24.3 Å². The molecule has 20 heavy (non-hydrogen) atoms. The van der Waals surface area contributed by atoms with E-state index in [9.17, 15) is 0 Å². The summed E-state index contributed by atoms with van der Waals surface area (Å²) >= 11 is 9.86. The van der Waals surface area contributed by atoms with Crippen molar-refractivity contribution in [3.05, 3.63) is 29.3 Å². The molecule has 0 atom stereocenters. The van der Waals surface area contributed by atoms with Crippen LogP contribution in [-0.4, -0.2) is 49.7 Å². The molecule has 0 unspecified atom stereocenters. The molecule has 0 saturated carbocycles. The number of nitrogens with zero attached hydrogens (tertiary/aromatic N) is 1. The largest absolute Gasteiger partial charge is 0.378 e. The highest BCUT2D eigenvalue weighted by Crippen LogP contribution is 2.23. The fourth-order valence-corrected chi connectivity index (χ4v) is 3.72. The fraction of sp³-hybridized carbons (Fsp3) is 0.571. The van der Waals surface area contributed by atoms with Gasteiger partial charge in [0.15, 0.2) is 0 Å². The summed E-state index contributed by atoms with van der Waals surface area (Å²) in [5.41, 5.74) is 1.18. The zero-order valence-corrected chi connectivity index (χ0v) is 13.8. The van der Waals surface area contributed by atoms with Gasteiger partial charge in [0.1, 0.15) is 0 Å². The third-order valence-corrected chi connectivity index (χ3v) is 4.92. The molecule has 0 aromatic heterocycles. The van der Waals surface area contributed by atoms with E-state index >= 15 is 0 Å². The molecular formula is C14H20ClNO2S2. The Kier molecular flexibility index (Phi) is 7.98. The maximum Gasteiger partial charge on any atom is 0.0700 e. The summed E-state index contributed by atoms with van der Waals surface area (Å²) in [6, 6.07) is 8.04. The van der Waals surface area contributed by atoms with E-state index in [0.717, 1.165) is 41.5 Å². The Morgan fingerprint density at radius 1 is 0.950 bits per heavy atom. The van der Waals surface area contributed by atoms with E-state index in [-0.39, 0.29) is 0 Å². The zero-order valence-electron chi connectivity index (χ0n) is 11.4. The first-order valence-electron chi connectivity index (χ1n) is 6.68. The zero-order chi connectivity index (χ0) is 14.0. The average Bonchev–Trinajstić information content (AvgIpc) is 2.48. The molecule has 1 aromatic carbocycles. The van der Waals surface area contributed by atoms with Gasteiger partial charge in [-0.1, -0.05) is 17.7 Å². The lowest BCUT2D eigenvalue weighted by Gasteiger charge is -2.24. The monoisotopic (exact) mass is 333 g/mol. The molecule has 6 heteroatoms. The number of thioether (sulfide) groups is 2. The van der Waals surface area contributed by atoms with E-state index < -0.39 is 0 Å². The van der Waals surface area contributed by atoms with Crippen molar-refractivity contribution in [3.8, 4) is 0 Å². The number of rotatable bonds is 1. The Morgan fingerprint density at radius 2 is 1.60 bits per heavy atom. The SMILES string of the molecule is Clc1cccc(N2CSCCOCCOCCSC2)c1. The number of benzene rings is 1. The Labute approximate surface area is 134 Å². The van der Waals surface area contributed by atoms with Gasteiger partial charge in [0.25, 0.3) is 0 Å². The summed E-state index contributed by atoms with van der Waals surface area (Å²) in [7, 11) is 0. The van der Waals surface area contributed by atoms with Crippen LogP contribution < -0.4 is 4.90 Å². The van der Waals surface area contributed by atoms with Crippen molar-refractivity contribution >= 4 is 40.8 Å².